The molecule has 1 heterocycles. The predicted molar refractivity (Wildman–Crippen MR) is 65.1 cm³/mol. The van der Waals surface area contributed by atoms with E-state index in [4.69, 9.17) is 5.84 Å². The van der Waals surface area contributed by atoms with Crippen molar-refractivity contribution in [2.75, 3.05) is 5.43 Å². The van der Waals surface area contributed by atoms with Gasteiger partial charge in [-0.25, -0.2) is 5.84 Å². The zero-order valence-corrected chi connectivity index (χ0v) is 10.2. The van der Waals surface area contributed by atoms with E-state index >= 15 is 0 Å². The van der Waals surface area contributed by atoms with Crippen LogP contribution in [0, 0.1) is 5.92 Å². The van der Waals surface area contributed by atoms with Gasteiger partial charge < -0.3 is 5.43 Å². The second-order valence-electron chi connectivity index (χ2n) is 5.04. The number of nitrogen functional groups attached to an aromatic ring is 1. The number of hydrazine groups is 1. The summed E-state index contributed by atoms with van der Waals surface area (Å²) in [6.45, 7) is 6.75. The molecule has 2 atom stereocenters. The fraction of sp³-hybridized carbons (Fsp3) is 0.667. The highest BCUT2D eigenvalue weighted by molar-refractivity contribution is 5.40. The molecule has 0 amide bonds. The standard InChI is InChI=1S/C12H20N4/c1-7(2)9-5-4-8(3)10-6-11(14-13)15-16-12(9)10/h6-9H,4-5,13H2,1-3H3,(H,14,15). The van der Waals surface area contributed by atoms with Gasteiger partial charge in [-0.15, -0.1) is 5.10 Å². The van der Waals surface area contributed by atoms with Gasteiger partial charge >= 0.3 is 0 Å². The normalized spacial score (nSPS) is 24.3. The summed E-state index contributed by atoms with van der Waals surface area (Å²) in [5.74, 6) is 7.76. The Balaban J connectivity index is 2.43. The third-order valence-electron chi connectivity index (χ3n) is 3.60. The van der Waals surface area contributed by atoms with E-state index in [-0.39, 0.29) is 0 Å². The van der Waals surface area contributed by atoms with E-state index in [1.54, 1.807) is 0 Å². The third-order valence-corrected chi connectivity index (χ3v) is 3.60. The molecule has 0 aliphatic heterocycles. The Morgan fingerprint density at radius 2 is 2.12 bits per heavy atom. The minimum Gasteiger partial charge on any atom is -0.307 e. The molecule has 0 aromatic carbocycles. The highest BCUT2D eigenvalue weighted by Gasteiger charge is 2.28. The van der Waals surface area contributed by atoms with Crippen molar-refractivity contribution in [2.45, 2.75) is 45.4 Å². The largest absolute Gasteiger partial charge is 0.307 e. The number of fused-ring (bicyclic) bond motifs is 1. The Labute approximate surface area is 96.6 Å². The van der Waals surface area contributed by atoms with Crippen molar-refractivity contribution in [1.29, 1.82) is 0 Å². The molecule has 3 N–H and O–H groups in total. The summed E-state index contributed by atoms with van der Waals surface area (Å²) in [5.41, 5.74) is 5.05. The van der Waals surface area contributed by atoms with Crippen LogP contribution in [-0.2, 0) is 0 Å². The van der Waals surface area contributed by atoms with Gasteiger partial charge in [-0.1, -0.05) is 20.8 Å². The first-order chi connectivity index (χ1) is 7.63. The van der Waals surface area contributed by atoms with Crippen LogP contribution in [0.5, 0.6) is 0 Å². The highest BCUT2D eigenvalue weighted by Crippen LogP contribution is 2.41. The van der Waals surface area contributed by atoms with Crippen LogP contribution in [0.1, 0.15) is 56.7 Å². The molecular formula is C12H20N4. The molecule has 1 aliphatic carbocycles. The van der Waals surface area contributed by atoms with Gasteiger partial charge in [0, 0.05) is 5.92 Å². The summed E-state index contributed by atoms with van der Waals surface area (Å²) in [6, 6.07) is 2.04. The van der Waals surface area contributed by atoms with Gasteiger partial charge in [0.15, 0.2) is 5.82 Å². The lowest BCUT2D eigenvalue weighted by atomic mass is 9.76. The number of anilines is 1. The van der Waals surface area contributed by atoms with Gasteiger partial charge in [0.2, 0.25) is 0 Å². The number of hydrogen-bond acceptors (Lipinski definition) is 4. The van der Waals surface area contributed by atoms with Crippen LogP contribution in [0.3, 0.4) is 0 Å². The lowest BCUT2D eigenvalue weighted by Gasteiger charge is -2.30. The van der Waals surface area contributed by atoms with E-state index in [1.165, 1.54) is 24.1 Å². The number of nitrogens with two attached hydrogens (primary N) is 1. The number of aromatic nitrogens is 2. The van der Waals surface area contributed by atoms with Crippen LogP contribution in [-0.4, -0.2) is 10.2 Å². The van der Waals surface area contributed by atoms with Crippen LogP contribution >= 0.6 is 0 Å². The molecule has 4 heteroatoms. The summed E-state index contributed by atoms with van der Waals surface area (Å²) in [4.78, 5) is 0. The lowest BCUT2D eigenvalue weighted by molar-refractivity contribution is 0.397. The lowest BCUT2D eigenvalue weighted by Crippen LogP contribution is -2.21. The Morgan fingerprint density at radius 1 is 1.38 bits per heavy atom. The summed E-state index contributed by atoms with van der Waals surface area (Å²) in [6.07, 6.45) is 2.45. The van der Waals surface area contributed by atoms with E-state index in [0.717, 1.165) is 0 Å². The van der Waals surface area contributed by atoms with Gasteiger partial charge in [0.1, 0.15) is 0 Å². The van der Waals surface area contributed by atoms with E-state index in [2.05, 4.69) is 36.4 Å². The SMILES string of the molecule is CC1CCC(C(C)C)c2nnc(NN)cc21. The summed E-state index contributed by atoms with van der Waals surface area (Å²) in [5, 5.41) is 8.44. The molecule has 2 unspecified atom stereocenters. The predicted octanol–water partition coefficient (Wildman–Crippen LogP) is 2.40. The number of rotatable bonds is 2. The van der Waals surface area contributed by atoms with E-state index in [9.17, 15) is 0 Å². The Kier molecular flexibility index (Phi) is 3.10. The zero-order valence-electron chi connectivity index (χ0n) is 10.2. The average molecular weight is 220 g/mol. The fourth-order valence-electron chi connectivity index (χ4n) is 2.54. The van der Waals surface area contributed by atoms with Crippen molar-refractivity contribution in [2.24, 2.45) is 11.8 Å². The van der Waals surface area contributed by atoms with Crippen LogP contribution in [0.2, 0.25) is 0 Å². The van der Waals surface area contributed by atoms with Crippen LogP contribution < -0.4 is 11.3 Å². The quantitative estimate of drug-likeness (QED) is 0.593. The smallest absolute Gasteiger partial charge is 0.162 e. The maximum absolute atomic E-state index is 5.37. The molecule has 16 heavy (non-hydrogen) atoms. The molecule has 4 nitrogen and oxygen atoms in total. The van der Waals surface area contributed by atoms with Crippen molar-refractivity contribution in [3.05, 3.63) is 17.3 Å². The van der Waals surface area contributed by atoms with Crippen molar-refractivity contribution in [3.63, 3.8) is 0 Å². The minimum atomic E-state index is 0.547. The molecule has 0 bridgehead atoms. The molecule has 0 saturated heterocycles. The van der Waals surface area contributed by atoms with Crippen LogP contribution in [0.15, 0.2) is 6.07 Å². The molecule has 0 saturated carbocycles. The monoisotopic (exact) mass is 220 g/mol. The van der Waals surface area contributed by atoms with Crippen molar-refractivity contribution < 1.29 is 0 Å². The molecule has 88 valence electrons. The molecule has 2 rings (SSSR count). The van der Waals surface area contributed by atoms with Gasteiger partial charge in [-0.3, -0.25) is 0 Å². The second-order valence-corrected chi connectivity index (χ2v) is 5.04. The molecule has 1 aliphatic rings. The number of nitrogens with one attached hydrogen (secondary N) is 1. The molecule has 1 aromatic heterocycles. The topological polar surface area (TPSA) is 63.8 Å². The molecule has 1 aromatic rings. The first kappa shape index (κ1) is 11.3. The van der Waals surface area contributed by atoms with Gasteiger partial charge in [-0.05, 0) is 36.3 Å². The Morgan fingerprint density at radius 3 is 2.75 bits per heavy atom. The summed E-state index contributed by atoms with van der Waals surface area (Å²) >= 11 is 0. The molecule has 0 radical (unpaired) electrons. The van der Waals surface area contributed by atoms with Gasteiger partial charge in [0.05, 0.1) is 5.69 Å². The van der Waals surface area contributed by atoms with Crippen LogP contribution in [0.4, 0.5) is 5.82 Å². The van der Waals surface area contributed by atoms with Gasteiger partial charge in [0.25, 0.3) is 0 Å². The third kappa shape index (κ3) is 1.89. The molecule has 0 fully saturated rings. The number of hydrogen-bond donors (Lipinski definition) is 2. The fourth-order valence-corrected chi connectivity index (χ4v) is 2.54. The maximum Gasteiger partial charge on any atom is 0.162 e. The first-order valence-electron chi connectivity index (χ1n) is 5.97. The van der Waals surface area contributed by atoms with E-state index < -0.39 is 0 Å². The van der Waals surface area contributed by atoms with Gasteiger partial charge in [-0.2, -0.15) is 5.10 Å². The molecular weight excluding hydrogens is 200 g/mol. The maximum atomic E-state index is 5.37. The minimum absolute atomic E-state index is 0.547. The van der Waals surface area contributed by atoms with Crippen molar-refractivity contribution in [1.82, 2.24) is 10.2 Å². The zero-order chi connectivity index (χ0) is 11.7. The van der Waals surface area contributed by atoms with Crippen LogP contribution in [0.25, 0.3) is 0 Å². The number of nitrogens with zero attached hydrogens (tertiary/aromatic N) is 2. The van der Waals surface area contributed by atoms with E-state index in [1.807, 2.05) is 6.07 Å². The Hall–Kier alpha value is -1.16. The summed E-state index contributed by atoms with van der Waals surface area (Å²) < 4.78 is 0. The van der Waals surface area contributed by atoms with Crippen molar-refractivity contribution in [3.8, 4) is 0 Å². The summed E-state index contributed by atoms with van der Waals surface area (Å²) in [7, 11) is 0. The average Bonchev–Trinajstić information content (AvgIpc) is 2.29. The van der Waals surface area contributed by atoms with E-state index in [0.29, 0.717) is 23.6 Å². The first-order valence-corrected chi connectivity index (χ1v) is 5.97. The Bertz CT molecular complexity index is 375. The molecule has 0 spiro atoms. The van der Waals surface area contributed by atoms with Crippen molar-refractivity contribution >= 4 is 5.82 Å². The highest BCUT2D eigenvalue weighted by atomic mass is 15.3. The second kappa shape index (κ2) is 4.37.